The largest absolute Gasteiger partial charge is 0.497 e. The van der Waals surface area contributed by atoms with Crippen molar-refractivity contribution < 1.29 is 9.47 Å². The Kier molecular flexibility index (Phi) is 5.65. The number of hydrogen-bond acceptors (Lipinski definition) is 3. The summed E-state index contributed by atoms with van der Waals surface area (Å²) in [7, 11) is 1.62. The molecule has 0 fully saturated rings. The highest BCUT2D eigenvalue weighted by molar-refractivity contribution is 5.92. The molecule has 2 aromatic carbocycles. The van der Waals surface area contributed by atoms with E-state index in [0.29, 0.717) is 19.1 Å². The van der Waals surface area contributed by atoms with E-state index in [-0.39, 0.29) is 0 Å². The molecule has 0 amide bonds. The fraction of sp³-hybridized carbons (Fsp3) is 0.235. The predicted molar refractivity (Wildman–Crippen MR) is 89.8 cm³/mol. The number of para-hydroxylation sites is 1. The van der Waals surface area contributed by atoms with Gasteiger partial charge in [0, 0.05) is 11.8 Å². The molecule has 22 heavy (non-hydrogen) atoms. The summed E-state index contributed by atoms with van der Waals surface area (Å²) in [6.45, 7) is 2.97. The van der Waals surface area contributed by atoms with Gasteiger partial charge in [0.15, 0.2) is 5.96 Å². The Labute approximate surface area is 130 Å². The Morgan fingerprint density at radius 3 is 2.77 bits per heavy atom. The summed E-state index contributed by atoms with van der Waals surface area (Å²) in [6, 6.07) is 15.4. The molecule has 0 atom stereocenters. The van der Waals surface area contributed by atoms with Crippen molar-refractivity contribution in [3.63, 3.8) is 0 Å². The number of hydrogen-bond donors (Lipinski definition) is 2. The number of rotatable bonds is 6. The van der Waals surface area contributed by atoms with Crippen LogP contribution >= 0.6 is 0 Å². The molecule has 0 aliphatic carbocycles. The van der Waals surface area contributed by atoms with Gasteiger partial charge in [-0.1, -0.05) is 24.3 Å². The number of aliphatic imine (C=N–C) groups is 1. The Morgan fingerprint density at radius 1 is 1.18 bits per heavy atom. The van der Waals surface area contributed by atoms with Crippen molar-refractivity contribution in [3.05, 3.63) is 54.1 Å². The number of benzene rings is 2. The molecule has 116 valence electrons. The van der Waals surface area contributed by atoms with Crippen LogP contribution in [0.15, 0.2) is 53.5 Å². The highest BCUT2D eigenvalue weighted by atomic mass is 16.5. The Morgan fingerprint density at radius 2 is 2.00 bits per heavy atom. The first-order valence-electron chi connectivity index (χ1n) is 7.08. The number of nitrogens with zero attached hydrogens (tertiary/aromatic N) is 1. The SMILES string of the molecule is COc1cccc(NC(N)=NCCOc2ccccc2C)c1. The van der Waals surface area contributed by atoms with Crippen LogP contribution in [-0.2, 0) is 0 Å². The van der Waals surface area contributed by atoms with Gasteiger partial charge in [0.05, 0.1) is 13.7 Å². The molecule has 0 aromatic heterocycles. The standard InChI is InChI=1S/C17H21N3O2/c1-13-6-3-4-9-16(13)22-11-10-19-17(18)20-14-7-5-8-15(12-14)21-2/h3-9,12H,10-11H2,1-2H3,(H3,18,19,20). The Hall–Kier alpha value is -2.69. The van der Waals surface area contributed by atoms with E-state index in [0.717, 1.165) is 22.7 Å². The van der Waals surface area contributed by atoms with Crippen molar-refractivity contribution >= 4 is 11.6 Å². The average Bonchev–Trinajstić information content (AvgIpc) is 2.53. The quantitative estimate of drug-likeness (QED) is 0.489. The van der Waals surface area contributed by atoms with Crippen LogP contribution in [0.25, 0.3) is 0 Å². The Balaban J connectivity index is 1.81. The van der Waals surface area contributed by atoms with Gasteiger partial charge in [-0.15, -0.1) is 0 Å². The second-order valence-corrected chi connectivity index (χ2v) is 4.74. The zero-order valence-corrected chi connectivity index (χ0v) is 12.9. The number of methoxy groups -OCH3 is 1. The fourth-order valence-electron chi connectivity index (χ4n) is 1.93. The van der Waals surface area contributed by atoms with Crippen molar-refractivity contribution in [2.24, 2.45) is 10.7 Å². The van der Waals surface area contributed by atoms with E-state index in [1.807, 2.05) is 55.5 Å². The highest BCUT2D eigenvalue weighted by Gasteiger charge is 1.99. The summed E-state index contributed by atoms with van der Waals surface area (Å²) >= 11 is 0. The van der Waals surface area contributed by atoms with Crippen molar-refractivity contribution in [2.75, 3.05) is 25.6 Å². The number of nitrogens with one attached hydrogen (secondary N) is 1. The Bertz CT molecular complexity index is 641. The maximum Gasteiger partial charge on any atom is 0.193 e. The van der Waals surface area contributed by atoms with E-state index in [4.69, 9.17) is 15.2 Å². The summed E-state index contributed by atoms with van der Waals surface area (Å²) in [5, 5.41) is 3.02. The van der Waals surface area contributed by atoms with E-state index in [1.54, 1.807) is 7.11 Å². The third kappa shape index (κ3) is 4.70. The van der Waals surface area contributed by atoms with Crippen molar-refractivity contribution in [3.8, 4) is 11.5 Å². The van der Waals surface area contributed by atoms with Gasteiger partial charge in [-0.05, 0) is 30.7 Å². The summed E-state index contributed by atoms with van der Waals surface area (Å²) in [5.41, 5.74) is 7.79. The van der Waals surface area contributed by atoms with E-state index in [9.17, 15) is 0 Å². The number of anilines is 1. The van der Waals surface area contributed by atoms with Crippen molar-refractivity contribution in [2.45, 2.75) is 6.92 Å². The molecule has 0 bridgehead atoms. The molecule has 0 heterocycles. The molecule has 0 radical (unpaired) electrons. The first-order chi connectivity index (χ1) is 10.7. The molecule has 2 rings (SSSR count). The second kappa shape index (κ2) is 7.93. The summed E-state index contributed by atoms with van der Waals surface area (Å²) < 4.78 is 10.8. The minimum atomic E-state index is 0.349. The predicted octanol–water partition coefficient (Wildman–Crippen LogP) is 2.81. The number of nitrogens with two attached hydrogens (primary N) is 1. The number of aryl methyl sites for hydroxylation is 1. The van der Waals surface area contributed by atoms with Crippen molar-refractivity contribution in [1.29, 1.82) is 0 Å². The molecule has 0 spiro atoms. The third-order valence-corrected chi connectivity index (χ3v) is 3.07. The number of guanidine groups is 1. The van der Waals surface area contributed by atoms with Gasteiger partial charge in [0.1, 0.15) is 18.1 Å². The van der Waals surface area contributed by atoms with Gasteiger partial charge >= 0.3 is 0 Å². The summed E-state index contributed by atoms with van der Waals surface area (Å²) in [4.78, 5) is 4.24. The van der Waals surface area contributed by atoms with Crippen LogP contribution in [0.5, 0.6) is 11.5 Å². The molecule has 2 aromatic rings. The summed E-state index contributed by atoms with van der Waals surface area (Å²) in [5.74, 6) is 1.99. The monoisotopic (exact) mass is 299 g/mol. The maximum atomic E-state index is 5.85. The van der Waals surface area contributed by atoms with Crippen LogP contribution in [0.2, 0.25) is 0 Å². The van der Waals surface area contributed by atoms with Gasteiger partial charge in [-0.3, -0.25) is 0 Å². The fourth-order valence-corrected chi connectivity index (χ4v) is 1.93. The minimum absolute atomic E-state index is 0.349. The third-order valence-electron chi connectivity index (χ3n) is 3.07. The molecule has 0 unspecified atom stereocenters. The first-order valence-corrected chi connectivity index (χ1v) is 7.08. The highest BCUT2D eigenvalue weighted by Crippen LogP contribution is 2.17. The molecular weight excluding hydrogens is 278 g/mol. The van der Waals surface area contributed by atoms with Gasteiger partial charge in [0.2, 0.25) is 0 Å². The molecule has 3 N–H and O–H groups in total. The molecule has 0 aliphatic heterocycles. The molecule has 0 saturated heterocycles. The topological polar surface area (TPSA) is 68.9 Å². The molecular formula is C17H21N3O2. The molecule has 5 heteroatoms. The van der Waals surface area contributed by atoms with Crippen LogP contribution < -0.4 is 20.5 Å². The molecule has 5 nitrogen and oxygen atoms in total. The van der Waals surface area contributed by atoms with E-state index in [1.165, 1.54) is 0 Å². The zero-order chi connectivity index (χ0) is 15.8. The average molecular weight is 299 g/mol. The van der Waals surface area contributed by atoms with Crippen LogP contribution in [0.1, 0.15) is 5.56 Å². The zero-order valence-electron chi connectivity index (χ0n) is 12.9. The van der Waals surface area contributed by atoms with Crippen LogP contribution in [0.4, 0.5) is 5.69 Å². The lowest BCUT2D eigenvalue weighted by Gasteiger charge is -2.09. The van der Waals surface area contributed by atoms with E-state index in [2.05, 4.69) is 10.3 Å². The minimum Gasteiger partial charge on any atom is -0.497 e. The van der Waals surface area contributed by atoms with Crippen molar-refractivity contribution in [1.82, 2.24) is 0 Å². The normalized spacial score (nSPS) is 11.1. The second-order valence-electron chi connectivity index (χ2n) is 4.74. The molecule has 0 aliphatic rings. The first kappa shape index (κ1) is 15.7. The van der Waals surface area contributed by atoms with E-state index < -0.39 is 0 Å². The lowest BCUT2D eigenvalue weighted by atomic mass is 10.2. The lowest BCUT2D eigenvalue weighted by Crippen LogP contribution is -2.23. The smallest absolute Gasteiger partial charge is 0.193 e. The van der Waals surface area contributed by atoms with Crippen LogP contribution in [-0.4, -0.2) is 26.2 Å². The van der Waals surface area contributed by atoms with E-state index >= 15 is 0 Å². The number of ether oxygens (including phenoxy) is 2. The van der Waals surface area contributed by atoms with Crippen LogP contribution in [0, 0.1) is 6.92 Å². The van der Waals surface area contributed by atoms with Crippen LogP contribution in [0.3, 0.4) is 0 Å². The summed E-state index contributed by atoms with van der Waals surface area (Å²) in [6.07, 6.45) is 0. The molecule has 0 saturated carbocycles. The lowest BCUT2D eigenvalue weighted by molar-refractivity contribution is 0.326. The van der Waals surface area contributed by atoms with Gasteiger partial charge in [-0.25, -0.2) is 4.99 Å². The van der Waals surface area contributed by atoms with Gasteiger partial charge in [0.25, 0.3) is 0 Å². The van der Waals surface area contributed by atoms with Gasteiger partial charge < -0.3 is 20.5 Å². The van der Waals surface area contributed by atoms with Gasteiger partial charge in [-0.2, -0.15) is 0 Å². The maximum absolute atomic E-state index is 5.85.